The molecule has 16 heteroatoms. The van der Waals surface area contributed by atoms with Crippen LogP contribution in [0.25, 0.3) is 0 Å². The molecule has 0 aromatic heterocycles. The number of nitrogens with one attached hydrogen (secondary N) is 2. The summed E-state index contributed by atoms with van der Waals surface area (Å²) in [6, 6.07) is 1.63. The minimum atomic E-state index is -2.06. The van der Waals surface area contributed by atoms with Crippen LogP contribution in [0, 0.1) is 13.8 Å². The fourth-order valence-electron chi connectivity index (χ4n) is 6.62. The molecule has 2 aliphatic rings. The van der Waals surface area contributed by atoms with Crippen LogP contribution in [0.3, 0.4) is 0 Å². The highest BCUT2D eigenvalue weighted by molar-refractivity contribution is 5.94. The number of likely N-dealkylation sites (N-methyl/N-ethyl adjacent to an activating group) is 1. The number of carbonyl (C=O) groups is 4. The lowest BCUT2D eigenvalue weighted by Crippen LogP contribution is -2.68. The first-order chi connectivity index (χ1) is 23.1. The van der Waals surface area contributed by atoms with E-state index in [2.05, 4.69) is 10.6 Å². The van der Waals surface area contributed by atoms with Gasteiger partial charge in [0.2, 0.25) is 5.91 Å². The number of hydrogen-bond acceptors (Lipinski definition) is 12. The van der Waals surface area contributed by atoms with Crippen LogP contribution in [0.15, 0.2) is 12.1 Å². The number of nitrogens with zero attached hydrogens (tertiary/aromatic N) is 2. The topological polar surface area (TPSA) is 228 Å². The van der Waals surface area contributed by atoms with E-state index in [1.807, 2.05) is 4.90 Å². The molecule has 7 N–H and O–H groups in total. The molecule has 0 aliphatic carbocycles. The van der Waals surface area contributed by atoms with Gasteiger partial charge in [-0.25, -0.2) is 9.59 Å². The molecule has 282 valence electrons. The van der Waals surface area contributed by atoms with Crippen LogP contribution in [0.2, 0.25) is 0 Å². The number of phenols is 1. The highest BCUT2D eigenvalue weighted by Gasteiger charge is 2.55. The first-order valence-corrected chi connectivity index (χ1v) is 16.6. The first kappa shape index (κ1) is 40.9. The molecule has 3 amide bonds. The number of carboxylic acids is 1. The van der Waals surface area contributed by atoms with Crippen molar-refractivity contribution in [3.8, 4) is 5.75 Å². The smallest absolute Gasteiger partial charge is 0.410 e. The van der Waals surface area contributed by atoms with Gasteiger partial charge in [0.1, 0.15) is 23.6 Å². The summed E-state index contributed by atoms with van der Waals surface area (Å²) >= 11 is 0. The highest BCUT2D eigenvalue weighted by Crippen LogP contribution is 2.37. The lowest BCUT2D eigenvalue weighted by molar-refractivity contribution is -0.230. The number of methoxy groups -OCH3 is 1. The maximum atomic E-state index is 12.9. The molecule has 2 fully saturated rings. The van der Waals surface area contributed by atoms with E-state index in [9.17, 15) is 44.7 Å². The average molecular weight is 711 g/mol. The fraction of sp³-hybridized carbons (Fsp3) is 0.706. The van der Waals surface area contributed by atoms with Crippen molar-refractivity contribution in [3.05, 3.63) is 28.8 Å². The van der Waals surface area contributed by atoms with Gasteiger partial charge in [0.05, 0.1) is 30.4 Å². The van der Waals surface area contributed by atoms with Crippen molar-refractivity contribution < 1.29 is 58.9 Å². The maximum absolute atomic E-state index is 12.9. The Morgan fingerprint density at radius 3 is 2.32 bits per heavy atom. The first-order valence-electron chi connectivity index (χ1n) is 16.6. The van der Waals surface area contributed by atoms with E-state index in [0.29, 0.717) is 24.1 Å². The van der Waals surface area contributed by atoms with Crippen LogP contribution < -0.4 is 10.6 Å². The maximum Gasteiger partial charge on any atom is 0.410 e. The summed E-state index contributed by atoms with van der Waals surface area (Å²) < 4.78 is 17.2. The summed E-state index contributed by atoms with van der Waals surface area (Å²) in [6.07, 6.45) is -7.27. The highest BCUT2D eigenvalue weighted by atomic mass is 16.6. The molecule has 2 heterocycles. The van der Waals surface area contributed by atoms with Crippen molar-refractivity contribution in [1.29, 1.82) is 0 Å². The molecule has 2 saturated heterocycles. The average Bonchev–Trinajstić information content (AvgIpc) is 3.46. The zero-order valence-electron chi connectivity index (χ0n) is 30.2. The molecule has 0 saturated carbocycles. The van der Waals surface area contributed by atoms with Crippen molar-refractivity contribution in [1.82, 2.24) is 20.4 Å². The Hall–Kier alpha value is -3.54. The summed E-state index contributed by atoms with van der Waals surface area (Å²) in [4.78, 5) is 54.1. The molecule has 0 unspecified atom stereocenters. The summed E-state index contributed by atoms with van der Waals surface area (Å²) in [5.74, 6) is -2.57. The lowest BCUT2D eigenvalue weighted by Gasteiger charge is -2.48. The number of carboxylic acid groups (broad SMARTS) is 1. The van der Waals surface area contributed by atoms with Gasteiger partial charge in [0, 0.05) is 58.6 Å². The third-order valence-electron chi connectivity index (χ3n) is 9.44. The number of aliphatic hydroxyl groups excluding tert-OH is 3. The molecule has 50 heavy (non-hydrogen) atoms. The predicted octanol–water partition coefficient (Wildman–Crippen LogP) is 0.286. The van der Waals surface area contributed by atoms with E-state index in [1.165, 1.54) is 26.2 Å². The minimum Gasteiger partial charge on any atom is -0.507 e. The monoisotopic (exact) mass is 710 g/mol. The number of aromatic hydroxyl groups is 1. The number of aryl methyl sites for hydroxylation is 2. The Kier molecular flexibility index (Phi) is 13.3. The second-order valence-electron chi connectivity index (χ2n) is 14.6. The van der Waals surface area contributed by atoms with Gasteiger partial charge >= 0.3 is 12.1 Å². The number of amides is 3. The van der Waals surface area contributed by atoms with Gasteiger partial charge in [0.15, 0.2) is 5.60 Å². The van der Waals surface area contributed by atoms with Crippen molar-refractivity contribution in [2.45, 2.75) is 108 Å². The number of likely N-dealkylation sites (tertiary alicyclic amines) is 1. The Bertz CT molecular complexity index is 1380. The number of hydrogen-bond donors (Lipinski definition) is 7. The fourth-order valence-corrected chi connectivity index (χ4v) is 6.62. The zero-order valence-corrected chi connectivity index (χ0v) is 30.2. The number of aliphatic carboxylic acids is 1. The Labute approximate surface area is 292 Å². The number of aliphatic hydroxyl groups is 3. The molecule has 2 aliphatic heterocycles. The SMILES string of the molecule is COC[C@@]1(N(C)CC[C@]2(C(=O)O)C[C@H](O)[C@@H](NC(C)=O)[C@H]([C@H](O)[C@H](O)CNC(=O)c3cc(C)c(O)c(C)c3)O2)CCN(C(=O)OC(C)(C)C)C1. The van der Waals surface area contributed by atoms with Gasteiger partial charge in [-0.1, -0.05) is 0 Å². The van der Waals surface area contributed by atoms with Crippen LogP contribution in [0.5, 0.6) is 5.75 Å². The number of ether oxygens (including phenoxy) is 3. The summed E-state index contributed by atoms with van der Waals surface area (Å²) in [5, 5.41) is 59.0. The molecule has 1 aromatic carbocycles. The van der Waals surface area contributed by atoms with Gasteiger partial charge in [-0.2, -0.15) is 0 Å². The molecule has 16 nitrogen and oxygen atoms in total. The standard InChI is InChI=1S/C34H54N4O12/c1-19-13-22(14-20(2)26(19)42)29(44)35-16-24(41)27(43)28-25(36-21(3)39)23(40)15-34(49-28,30(45)46)10-11-37(7)33(18-48-8)9-12-38(17-33)31(47)50-32(4,5)6/h13-14,23-25,27-28,40-43H,9-12,15-18H2,1-8H3,(H,35,44)(H,36,39)(H,45,46)/t23-,24+,25+,27+,28+,33+,34+/m0/s1. The third kappa shape index (κ3) is 9.61. The Balaban J connectivity index is 1.80. The van der Waals surface area contributed by atoms with E-state index in [1.54, 1.807) is 46.6 Å². The van der Waals surface area contributed by atoms with Crippen LogP contribution >= 0.6 is 0 Å². The van der Waals surface area contributed by atoms with Crippen LogP contribution in [0.4, 0.5) is 4.79 Å². The van der Waals surface area contributed by atoms with Gasteiger partial charge in [-0.15, -0.1) is 0 Å². The number of carbonyl (C=O) groups excluding carboxylic acids is 3. The summed E-state index contributed by atoms with van der Waals surface area (Å²) in [5.41, 5.74) is -2.30. The molecule has 7 atom stereocenters. The normalized spacial score (nSPS) is 26.7. The minimum absolute atomic E-state index is 0.0435. The molecule has 0 spiro atoms. The number of phenolic OH excluding ortho intramolecular Hbond substituents is 1. The van der Waals surface area contributed by atoms with Crippen molar-refractivity contribution in [2.24, 2.45) is 0 Å². The van der Waals surface area contributed by atoms with Gasteiger partial charge in [0.25, 0.3) is 5.91 Å². The molecule has 0 bridgehead atoms. The van der Waals surface area contributed by atoms with Crippen molar-refractivity contribution in [2.75, 3.05) is 46.9 Å². The number of benzene rings is 1. The van der Waals surface area contributed by atoms with Crippen LogP contribution in [0.1, 0.15) is 68.4 Å². The zero-order chi connectivity index (χ0) is 37.8. The predicted molar refractivity (Wildman–Crippen MR) is 180 cm³/mol. The van der Waals surface area contributed by atoms with Crippen molar-refractivity contribution in [3.63, 3.8) is 0 Å². The van der Waals surface area contributed by atoms with Crippen LogP contribution in [-0.2, 0) is 23.8 Å². The van der Waals surface area contributed by atoms with Crippen molar-refractivity contribution >= 4 is 23.9 Å². The molecule has 0 radical (unpaired) electrons. The molecular weight excluding hydrogens is 656 g/mol. The molecule has 1 aromatic rings. The van der Waals surface area contributed by atoms with E-state index in [0.717, 1.165) is 0 Å². The lowest BCUT2D eigenvalue weighted by atomic mass is 9.81. The quantitative estimate of drug-likeness (QED) is 0.146. The van der Waals surface area contributed by atoms with E-state index in [4.69, 9.17) is 14.2 Å². The van der Waals surface area contributed by atoms with Gasteiger partial charge in [-0.05, 0) is 71.3 Å². The summed E-state index contributed by atoms with van der Waals surface area (Å²) in [6.45, 7) is 10.2. The van der Waals surface area contributed by atoms with Crippen LogP contribution in [-0.4, -0.2) is 153 Å². The second-order valence-corrected chi connectivity index (χ2v) is 14.6. The largest absolute Gasteiger partial charge is 0.507 e. The molecule has 3 rings (SSSR count). The van der Waals surface area contributed by atoms with E-state index in [-0.39, 0.29) is 37.4 Å². The number of rotatable bonds is 13. The van der Waals surface area contributed by atoms with Gasteiger partial charge in [-0.3, -0.25) is 14.5 Å². The third-order valence-corrected chi connectivity index (χ3v) is 9.44. The second kappa shape index (κ2) is 16.2. The summed E-state index contributed by atoms with van der Waals surface area (Å²) in [7, 11) is 3.29. The Morgan fingerprint density at radius 2 is 1.78 bits per heavy atom. The van der Waals surface area contributed by atoms with Gasteiger partial charge < -0.3 is 55.3 Å². The Morgan fingerprint density at radius 1 is 1.16 bits per heavy atom. The van der Waals surface area contributed by atoms with E-state index >= 15 is 0 Å². The molecular formula is C34H54N4O12. The van der Waals surface area contributed by atoms with E-state index < -0.39 is 84.0 Å².